The molecule has 0 saturated heterocycles. The number of rotatable bonds is 1. The zero-order valence-electron chi connectivity index (χ0n) is 11.7. The molecule has 1 aliphatic carbocycles. The van der Waals surface area contributed by atoms with E-state index in [9.17, 15) is 9.59 Å². The van der Waals surface area contributed by atoms with Crippen molar-refractivity contribution >= 4 is 23.3 Å². The topological polar surface area (TPSA) is 58.6 Å². The highest BCUT2D eigenvalue weighted by molar-refractivity contribution is 6.08. The van der Waals surface area contributed by atoms with Gasteiger partial charge in [0.05, 0.1) is 29.5 Å². The highest BCUT2D eigenvalue weighted by Crippen LogP contribution is 2.46. The van der Waals surface area contributed by atoms with Crippen LogP contribution in [0.3, 0.4) is 0 Å². The first kappa shape index (κ1) is 13.0. The maximum atomic E-state index is 12.5. The molecule has 1 amide bonds. The van der Waals surface area contributed by atoms with Crippen molar-refractivity contribution in [1.29, 1.82) is 0 Å². The van der Waals surface area contributed by atoms with E-state index in [1.165, 1.54) is 7.11 Å². The molecule has 1 aromatic carbocycles. The third kappa shape index (κ3) is 1.77. The maximum Gasteiger partial charge on any atom is 0.340 e. The van der Waals surface area contributed by atoms with Crippen LogP contribution in [-0.4, -0.2) is 32.6 Å². The van der Waals surface area contributed by atoms with E-state index in [2.05, 4.69) is 10.2 Å². The molecule has 3 rings (SSSR count). The molecule has 1 saturated carbocycles. The van der Waals surface area contributed by atoms with Crippen LogP contribution in [0.25, 0.3) is 0 Å². The van der Waals surface area contributed by atoms with Crippen molar-refractivity contribution in [3.05, 3.63) is 23.8 Å². The number of hydrogen-bond donors (Lipinski definition) is 1. The Kier molecular flexibility index (Phi) is 2.92. The predicted octanol–water partition coefficient (Wildman–Crippen LogP) is 2.03. The monoisotopic (exact) mass is 274 g/mol. The molecule has 0 aromatic heterocycles. The molecule has 20 heavy (non-hydrogen) atoms. The molecule has 1 fully saturated rings. The Bertz CT molecular complexity index is 578. The second-order valence-electron chi connectivity index (χ2n) is 5.64. The van der Waals surface area contributed by atoms with E-state index in [-0.39, 0.29) is 11.3 Å². The first-order valence-electron chi connectivity index (χ1n) is 6.81. The molecule has 0 radical (unpaired) electrons. The highest BCUT2D eigenvalue weighted by atomic mass is 16.5. The van der Waals surface area contributed by atoms with E-state index >= 15 is 0 Å². The van der Waals surface area contributed by atoms with Gasteiger partial charge in [-0.2, -0.15) is 0 Å². The first-order chi connectivity index (χ1) is 9.57. The number of methoxy groups -OCH3 is 1. The van der Waals surface area contributed by atoms with Crippen molar-refractivity contribution in [2.75, 3.05) is 30.9 Å². The third-order valence-corrected chi connectivity index (χ3v) is 4.43. The van der Waals surface area contributed by atoms with Crippen LogP contribution in [0.5, 0.6) is 0 Å². The van der Waals surface area contributed by atoms with Crippen LogP contribution in [-0.2, 0) is 9.53 Å². The summed E-state index contributed by atoms with van der Waals surface area (Å²) in [4.78, 5) is 26.4. The van der Waals surface area contributed by atoms with E-state index < -0.39 is 5.97 Å². The summed E-state index contributed by atoms with van der Waals surface area (Å²) in [5, 5.41) is 2.95. The summed E-state index contributed by atoms with van der Waals surface area (Å²) < 4.78 is 4.80. The zero-order valence-corrected chi connectivity index (χ0v) is 11.7. The number of para-hydroxylation sites is 1. The van der Waals surface area contributed by atoms with Crippen LogP contribution in [0.4, 0.5) is 11.4 Å². The molecule has 1 aliphatic heterocycles. The minimum atomic E-state index is -0.430. The van der Waals surface area contributed by atoms with Gasteiger partial charge in [0.1, 0.15) is 0 Å². The Balaban J connectivity index is 2.07. The van der Waals surface area contributed by atoms with Crippen LogP contribution < -0.4 is 10.2 Å². The predicted molar refractivity (Wildman–Crippen MR) is 76.0 cm³/mol. The molecule has 2 aliphatic rings. The van der Waals surface area contributed by atoms with Crippen LogP contribution in [0.15, 0.2) is 18.2 Å². The van der Waals surface area contributed by atoms with Gasteiger partial charge in [0.2, 0.25) is 5.91 Å². The zero-order chi connectivity index (χ0) is 14.3. The van der Waals surface area contributed by atoms with Crippen LogP contribution in [0, 0.1) is 5.41 Å². The summed E-state index contributed by atoms with van der Waals surface area (Å²) in [6.45, 7) is 0.691. The second-order valence-corrected chi connectivity index (χ2v) is 5.64. The van der Waals surface area contributed by atoms with Crippen molar-refractivity contribution in [2.24, 2.45) is 5.41 Å². The number of ether oxygens (including phenoxy) is 1. The second kappa shape index (κ2) is 4.51. The lowest BCUT2D eigenvalue weighted by Gasteiger charge is -2.40. The smallest absolute Gasteiger partial charge is 0.340 e. The largest absolute Gasteiger partial charge is 0.465 e. The van der Waals surface area contributed by atoms with Crippen molar-refractivity contribution in [1.82, 2.24) is 0 Å². The number of carbonyl (C=O) groups excluding carboxylic acids is 2. The fourth-order valence-corrected chi connectivity index (χ4v) is 3.12. The Hall–Kier alpha value is -2.04. The lowest BCUT2D eigenvalue weighted by atomic mass is 9.68. The number of carbonyl (C=O) groups is 2. The maximum absolute atomic E-state index is 12.5. The number of nitrogens with one attached hydrogen (secondary N) is 1. The summed E-state index contributed by atoms with van der Waals surface area (Å²) in [6, 6.07) is 5.41. The molecular weight excluding hydrogens is 256 g/mol. The number of benzene rings is 1. The number of hydrogen-bond acceptors (Lipinski definition) is 4. The van der Waals surface area contributed by atoms with E-state index in [0.29, 0.717) is 17.8 Å². The first-order valence-corrected chi connectivity index (χ1v) is 6.81. The number of nitrogens with zero attached hydrogens (tertiary/aromatic N) is 1. The molecule has 106 valence electrons. The molecule has 1 aromatic rings. The highest BCUT2D eigenvalue weighted by Gasteiger charge is 2.47. The Morgan fingerprint density at radius 2 is 2.15 bits per heavy atom. The fraction of sp³-hybridized carbons (Fsp3) is 0.467. The Morgan fingerprint density at radius 1 is 1.40 bits per heavy atom. The van der Waals surface area contributed by atoms with Crippen LogP contribution in [0.1, 0.15) is 29.6 Å². The quantitative estimate of drug-likeness (QED) is 0.796. The molecule has 0 unspecified atom stereocenters. The van der Waals surface area contributed by atoms with Crippen LogP contribution >= 0.6 is 0 Å². The van der Waals surface area contributed by atoms with Gasteiger partial charge in [-0.3, -0.25) is 4.79 Å². The third-order valence-electron chi connectivity index (χ3n) is 4.43. The Labute approximate surface area is 117 Å². The molecule has 5 nitrogen and oxygen atoms in total. The fourth-order valence-electron chi connectivity index (χ4n) is 3.12. The summed E-state index contributed by atoms with van der Waals surface area (Å²) in [5.74, 6) is -0.411. The average molecular weight is 274 g/mol. The summed E-state index contributed by atoms with van der Waals surface area (Å²) in [5.41, 5.74) is 1.53. The van der Waals surface area contributed by atoms with Gasteiger partial charge < -0.3 is 15.0 Å². The van der Waals surface area contributed by atoms with Gasteiger partial charge in [-0.15, -0.1) is 0 Å². The number of esters is 1. The van der Waals surface area contributed by atoms with E-state index in [1.807, 2.05) is 19.2 Å². The van der Waals surface area contributed by atoms with Gasteiger partial charge in [0, 0.05) is 13.6 Å². The van der Waals surface area contributed by atoms with Crippen molar-refractivity contribution < 1.29 is 14.3 Å². The lowest BCUT2D eigenvalue weighted by Crippen LogP contribution is -2.47. The normalized spacial score (nSPS) is 19.7. The molecule has 0 atom stereocenters. The van der Waals surface area contributed by atoms with Crippen molar-refractivity contribution in [2.45, 2.75) is 19.3 Å². The molecule has 0 bridgehead atoms. The van der Waals surface area contributed by atoms with E-state index in [1.54, 1.807) is 6.07 Å². The van der Waals surface area contributed by atoms with E-state index in [0.717, 1.165) is 24.9 Å². The van der Waals surface area contributed by atoms with Gasteiger partial charge in [0.25, 0.3) is 0 Å². The van der Waals surface area contributed by atoms with Gasteiger partial charge >= 0.3 is 5.97 Å². The summed E-state index contributed by atoms with van der Waals surface area (Å²) in [7, 11) is 3.30. The van der Waals surface area contributed by atoms with E-state index in [4.69, 9.17) is 4.74 Å². The van der Waals surface area contributed by atoms with Crippen LogP contribution in [0.2, 0.25) is 0 Å². The molecule has 1 N–H and O–H groups in total. The minimum Gasteiger partial charge on any atom is -0.465 e. The lowest BCUT2D eigenvalue weighted by molar-refractivity contribution is -0.129. The van der Waals surface area contributed by atoms with Gasteiger partial charge in [-0.05, 0) is 25.0 Å². The van der Waals surface area contributed by atoms with Gasteiger partial charge in [-0.25, -0.2) is 4.79 Å². The summed E-state index contributed by atoms with van der Waals surface area (Å²) in [6.07, 6.45) is 2.90. The van der Waals surface area contributed by atoms with Crippen molar-refractivity contribution in [3.63, 3.8) is 0 Å². The van der Waals surface area contributed by atoms with Gasteiger partial charge in [0.15, 0.2) is 0 Å². The molecule has 1 spiro atoms. The summed E-state index contributed by atoms with van der Waals surface area (Å²) >= 11 is 0. The average Bonchev–Trinajstić information content (AvgIpc) is 2.52. The minimum absolute atomic E-state index is 0.0192. The number of amides is 1. The molecule has 5 heteroatoms. The standard InChI is InChI=1S/C15H18N2O3/c1-17-9-15(7-4-8-15)14(19)16-12-10(13(18)20-2)5-3-6-11(12)17/h3,5-6H,4,7-9H2,1-2H3,(H,16,19). The number of anilines is 2. The molecule has 1 heterocycles. The van der Waals surface area contributed by atoms with Crippen molar-refractivity contribution in [3.8, 4) is 0 Å². The number of fused-ring (bicyclic) bond motifs is 1. The Morgan fingerprint density at radius 3 is 2.75 bits per heavy atom. The molecular formula is C15H18N2O3. The SMILES string of the molecule is COC(=O)c1cccc2c1NC(=O)C1(CCC1)CN2C. The van der Waals surface area contributed by atoms with Gasteiger partial charge in [-0.1, -0.05) is 12.5 Å².